The van der Waals surface area contributed by atoms with Crippen LogP contribution in [0.1, 0.15) is 19.5 Å². The third kappa shape index (κ3) is 4.89. The van der Waals surface area contributed by atoms with Crippen LogP contribution in [0.4, 0.5) is 5.13 Å². The van der Waals surface area contributed by atoms with Crippen LogP contribution in [0.5, 0.6) is 0 Å². The van der Waals surface area contributed by atoms with E-state index >= 15 is 0 Å². The van der Waals surface area contributed by atoms with Crippen LogP contribution in [-0.2, 0) is 30.6 Å². The van der Waals surface area contributed by atoms with Gasteiger partial charge in [-0.3, -0.25) is 9.59 Å². The summed E-state index contributed by atoms with van der Waals surface area (Å²) in [5.41, 5.74) is 0.468. The van der Waals surface area contributed by atoms with Gasteiger partial charge in [0, 0.05) is 11.6 Å². The first-order chi connectivity index (χ1) is 9.24. The van der Waals surface area contributed by atoms with Crippen molar-refractivity contribution >= 4 is 38.2 Å². The number of hydrogen-bond acceptors (Lipinski definition) is 7. The zero-order valence-electron chi connectivity index (χ0n) is 11.4. The minimum absolute atomic E-state index is 0.0157. The molecule has 0 radical (unpaired) electrons. The van der Waals surface area contributed by atoms with E-state index in [4.69, 9.17) is 4.74 Å². The number of carbonyl (C=O) groups excluding carboxylic acids is 2. The lowest BCUT2D eigenvalue weighted by Gasteiger charge is -2.07. The zero-order chi connectivity index (χ0) is 15.3. The van der Waals surface area contributed by atoms with Crippen molar-refractivity contribution in [1.29, 1.82) is 0 Å². The van der Waals surface area contributed by atoms with E-state index in [1.807, 2.05) is 0 Å². The number of nitrogens with zero attached hydrogens (tertiary/aromatic N) is 1. The Bertz CT molecular complexity index is 594. The van der Waals surface area contributed by atoms with Crippen molar-refractivity contribution in [2.75, 3.05) is 18.2 Å². The summed E-state index contributed by atoms with van der Waals surface area (Å²) in [6.07, 6.45) is 1.01. The van der Waals surface area contributed by atoms with Crippen molar-refractivity contribution in [3.8, 4) is 0 Å². The Morgan fingerprint density at radius 3 is 2.70 bits per heavy atom. The molecule has 1 N–H and O–H groups in total. The molecule has 0 spiro atoms. The van der Waals surface area contributed by atoms with Crippen LogP contribution in [0.15, 0.2) is 5.38 Å². The second-order valence-corrected chi connectivity index (χ2v) is 7.31. The molecule has 0 saturated carbocycles. The molecule has 0 aliphatic rings. The third-order valence-electron chi connectivity index (χ3n) is 2.42. The van der Waals surface area contributed by atoms with Gasteiger partial charge in [-0.2, -0.15) is 0 Å². The number of esters is 1. The Morgan fingerprint density at radius 2 is 2.15 bits per heavy atom. The summed E-state index contributed by atoms with van der Waals surface area (Å²) >= 11 is 1.12. The predicted molar refractivity (Wildman–Crippen MR) is 75.4 cm³/mol. The molecule has 20 heavy (non-hydrogen) atoms. The lowest BCUT2D eigenvalue weighted by atomic mass is 10.3. The molecule has 0 saturated heterocycles. The number of thiazole rings is 1. The van der Waals surface area contributed by atoms with Crippen LogP contribution in [0, 0.1) is 0 Å². The number of sulfone groups is 1. The highest BCUT2D eigenvalue weighted by Crippen LogP contribution is 2.17. The van der Waals surface area contributed by atoms with Gasteiger partial charge < -0.3 is 10.1 Å². The highest BCUT2D eigenvalue weighted by atomic mass is 32.2. The third-order valence-corrected chi connectivity index (χ3v) is 4.73. The first-order valence-electron chi connectivity index (χ1n) is 5.83. The van der Waals surface area contributed by atoms with Gasteiger partial charge in [-0.15, -0.1) is 11.3 Å². The Labute approximate surface area is 121 Å². The predicted octanol–water partition coefficient (Wildman–Crippen LogP) is 0.620. The molecule has 1 amide bonds. The van der Waals surface area contributed by atoms with Crippen molar-refractivity contribution < 1.29 is 22.7 Å². The first-order valence-corrected chi connectivity index (χ1v) is 8.67. The van der Waals surface area contributed by atoms with Gasteiger partial charge in [0.1, 0.15) is 5.25 Å². The average Bonchev–Trinajstić information content (AvgIpc) is 2.74. The second-order valence-electron chi connectivity index (χ2n) is 4.09. The van der Waals surface area contributed by atoms with Crippen molar-refractivity contribution in [2.45, 2.75) is 25.5 Å². The van der Waals surface area contributed by atoms with Crippen molar-refractivity contribution in [2.24, 2.45) is 0 Å². The van der Waals surface area contributed by atoms with E-state index in [-0.39, 0.29) is 11.6 Å². The van der Waals surface area contributed by atoms with E-state index in [2.05, 4.69) is 10.3 Å². The Kier molecular flexibility index (Phi) is 5.63. The number of rotatable bonds is 6. The second kappa shape index (κ2) is 6.80. The fourth-order valence-electron chi connectivity index (χ4n) is 1.21. The number of aromatic nitrogens is 1. The van der Waals surface area contributed by atoms with Crippen LogP contribution < -0.4 is 5.32 Å². The van der Waals surface area contributed by atoms with Gasteiger partial charge in [0.2, 0.25) is 5.91 Å². The van der Waals surface area contributed by atoms with Crippen LogP contribution in [0.25, 0.3) is 0 Å². The van der Waals surface area contributed by atoms with Gasteiger partial charge in [-0.1, -0.05) is 0 Å². The van der Waals surface area contributed by atoms with Crippen molar-refractivity contribution in [1.82, 2.24) is 4.98 Å². The maximum absolute atomic E-state index is 11.7. The quantitative estimate of drug-likeness (QED) is 0.771. The molecule has 0 bridgehead atoms. The van der Waals surface area contributed by atoms with Gasteiger partial charge in [0.15, 0.2) is 15.0 Å². The van der Waals surface area contributed by atoms with E-state index < -0.39 is 27.0 Å². The lowest BCUT2D eigenvalue weighted by molar-refractivity contribution is -0.142. The summed E-state index contributed by atoms with van der Waals surface area (Å²) in [5, 5.41) is 3.12. The maximum Gasteiger partial charge on any atom is 0.311 e. The van der Waals surface area contributed by atoms with E-state index in [0.717, 1.165) is 17.6 Å². The minimum atomic E-state index is -3.45. The van der Waals surface area contributed by atoms with Crippen LogP contribution >= 0.6 is 11.3 Å². The molecule has 1 rings (SSSR count). The van der Waals surface area contributed by atoms with Crippen molar-refractivity contribution in [3.05, 3.63) is 11.1 Å². The summed E-state index contributed by atoms with van der Waals surface area (Å²) in [5.74, 6) is -1.05. The van der Waals surface area contributed by atoms with Gasteiger partial charge in [0.05, 0.1) is 18.7 Å². The molecular weight excluding hydrogens is 304 g/mol. The molecule has 1 aromatic heterocycles. The number of amides is 1. The number of carbonyl (C=O) groups is 2. The molecule has 7 nitrogen and oxygen atoms in total. The SMILES string of the molecule is CCOC(=O)Cc1csc(NC(=O)C(C)S(C)(=O)=O)n1. The largest absolute Gasteiger partial charge is 0.466 e. The van der Waals surface area contributed by atoms with Crippen LogP contribution in [0.3, 0.4) is 0 Å². The normalized spacial score (nSPS) is 12.8. The lowest BCUT2D eigenvalue weighted by Crippen LogP contribution is -2.31. The molecule has 0 aliphatic heterocycles. The van der Waals surface area contributed by atoms with Crippen LogP contribution in [0.2, 0.25) is 0 Å². The number of nitrogens with one attached hydrogen (secondary N) is 1. The number of hydrogen-bond donors (Lipinski definition) is 1. The zero-order valence-corrected chi connectivity index (χ0v) is 13.0. The topological polar surface area (TPSA) is 102 Å². The summed E-state index contributed by atoms with van der Waals surface area (Å²) in [6, 6.07) is 0. The minimum Gasteiger partial charge on any atom is -0.466 e. The van der Waals surface area contributed by atoms with Gasteiger partial charge >= 0.3 is 5.97 Å². The molecule has 1 unspecified atom stereocenters. The van der Waals surface area contributed by atoms with Gasteiger partial charge in [-0.25, -0.2) is 13.4 Å². The summed E-state index contributed by atoms with van der Waals surface area (Å²) in [6.45, 7) is 3.30. The summed E-state index contributed by atoms with van der Waals surface area (Å²) < 4.78 is 27.3. The van der Waals surface area contributed by atoms with E-state index in [0.29, 0.717) is 12.3 Å². The molecule has 0 aliphatic carbocycles. The van der Waals surface area contributed by atoms with E-state index in [9.17, 15) is 18.0 Å². The molecular formula is C11H16N2O5S2. The van der Waals surface area contributed by atoms with E-state index in [1.165, 1.54) is 6.92 Å². The van der Waals surface area contributed by atoms with Gasteiger partial charge in [-0.05, 0) is 13.8 Å². The first kappa shape index (κ1) is 16.6. The molecule has 9 heteroatoms. The molecule has 112 valence electrons. The molecule has 1 aromatic rings. The Morgan fingerprint density at radius 1 is 1.50 bits per heavy atom. The van der Waals surface area contributed by atoms with Crippen molar-refractivity contribution in [3.63, 3.8) is 0 Å². The fraction of sp³-hybridized carbons (Fsp3) is 0.545. The molecule has 1 heterocycles. The standard InChI is InChI=1S/C11H16N2O5S2/c1-4-18-9(14)5-8-6-19-11(12-8)13-10(15)7(2)20(3,16)17/h6-7H,4-5H2,1-3H3,(H,12,13,15). The monoisotopic (exact) mass is 320 g/mol. The fourth-order valence-corrected chi connectivity index (χ4v) is 2.37. The van der Waals surface area contributed by atoms with Gasteiger partial charge in [0.25, 0.3) is 0 Å². The highest BCUT2D eigenvalue weighted by molar-refractivity contribution is 7.92. The highest BCUT2D eigenvalue weighted by Gasteiger charge is 2.24. The molecule has 1 atom stereocenters. The molecule has 0 fully saturated rings. The average molecular weight is 320 g/mol. The number of anilines is 1. The summed E-state index contributed by atoms with van der Waals surface area (Å²) in [4.78, 5) is 27.0. The Hall–Kier alpha value is -1.48. The summed E-state index contributed by atoms with van der Waals surface area (Å²) in [7, 11) is -3.45. The van der Waals surface area contributed by atoms with E-state index in [1.54, 1.807) is 12.3 Å². The Balaban J connectivity index is 2.65. The molecule has 0 aromatic carbocycles. The maximum atomic E-state index is 11.7. The van der Waals surface area contributed by atoms with Crippen LogP contribution in [-0.4, -0.2) is 43.4 Å². The number of ether oxygens (including phenoxy) is 1. The smallest absolute Gasteiger partial charge is 0.311 e.